The van der Waals surface area contributed by atoms with Crippen LogP contribution in [-0.4, -0.2) is 47.7 Å². The van der Waals surface area contributed by atoms with E-state index < -0.39 is 0 Å². The second-order valence-corrected chi connectivity index (χ2v) is 4.21. The fraction of sp³-hybridized carbons (Fsp3) is 0.909. The lowest BCUT2D eigenvalue weighted by Gasteiger charge is -2.24. The molecule has 0 saturated carbocycles. The zero-order valence-corrected chi connectivity index (χ0v) is 9.70. The number of aliphatic hydroxyl groups excluding tert-OH is 1. The molecule has 0 aliphatic carbocycles. The lowest BCUT2D eigenvalue weighted by molar-refractivity contribution is -0.132. The average molecular weight is 214 g/mol. The maximum atomic E-state index is 11.9. The van der Waals surface area contributed by atoms with Crippen LogP contribution >= 0.6 is 0 Å². The molecule has 0 spiro atoms. The van der Waals surface area contributed by atoms with Crippen LogP contribution in [0.3, 0.4) is 0 Å². The molecule has 1 aliphatic rings. The SMILES string of the molecule is CCC(CO)NC(C)C(=O)N1CCCC1. The molecule has 1 aliphatic heterocycles. The minimum Gasteiger partial charge on any atom is -0.395 e. The van der Waals surface area contributed by atoms with E-state index >= 15 is 0 Å². The first-order chi connectivity index (χ1) is 7.19. The third-order valence-electron chi connectivity index (χ3n) is 2.99. The topological polar surface area (TPSA) is 52.6 Å². The van der Waals surface area contributed by atoms with Crippen molar-refractivity contribution in [2.24, 2.45) is 0 Å². The molecule has 2 atom stereocenters. The molecule has 1 rings (SSSR count). The number of carbonyl (C=O) groups excluding carboxylic acids is 1. The van der Waals surface area contributed by atoms with Gasteiger partial charge in [-0.05, 0) is 26.2 Å². The number of nitrogens with one attached hydrogen (secondary N) is 1. The molecule has 4 nitrogen and oxygen atoms in total. The third kappa shape index (κ3) is 3.47. The lowest BCUT2D eigenvalue weighted by atomic mass is 10.2. The summed E-state index contributed by atoms with van der Waals surface area (Å²) in [6, 6.07) is -0.147. The molecule has 0 radical (unpaired) electrons. The number of nitrogens with zero attached hydrogens (tertiary/aromatic N) is 1. The average Bonchev–Trinajstić information content (AvgIpc) is 2.77. The zero-order valence-electron chi connectivity index (χ0n) is 9.70. The van der Waals surface area contributed by atoms with Crippen LogP contribution in [0.2, 0.25) is 0 Å². The van der Waals surface area contributed by atoms with E-state index in [1.807, 2.05) is 18.7 Å². The van der Waals surface area contributed by atoms with E-state index in [9.17, 15) is 4.79 Å². The van der Waals surface area contributed by atoms with Gasteiger partial charge in [-0.15, -0.1) is 0 Å². The molecule has 1 heterocycles. The second-order valence-electron chi connectivity index (χ2n) is 4.21. The van der Waals surface area contributed by atoms with E-state index in [4.69, 9.17) is 5.11 Å². The minimum absolute atomic E-state index is 0.0338. The quantitative estimate of drug-likeness (QED) is 0.694. The largest absolute Gasteiger partial charge is 0.395 e. The van der Waals surface area contributed by atoms with Crippen LogP contribution in [0.4, 0.5) is 0 Å². The first-order valence-electron chi connectivity index (χ1n) is 5.84. The summed E-state index contributed by atoms with van der Waals surface area (Å²) in [5.41, 5.74) is 0. The van der Waals surface area contributed by atoms with Crippen molar-refractivity contribution in [3.05, 3.63) is 0 Å². The highest BCUT2D eigenvalue weighted by Crippen LogP contribution is 2.09. The van der Waals surface area contributed by atoms with Crippen LogP contribution in [0.5, 0.6) is 0 Å². The van der Waals surface area contributed by atoms with Gasteiger partial charge in [-0.2, -0.15) is 0 Å². The second kappa shape index (κ2) is 6.08. The Morgan fingerprint density at radius 3 is 2.53 bits per heavy atom. The van der Waals surface area contributed by atoms with Crippen molar-refractivity contribution in [1.82, 2.24) is 10.2 Å². The molecule has 15 heavy (non-hydrogen) atoms. The molecule has 1 amide bonds. The molecule has 0 aromatic rings. The van der Waals surface area contributed by atoms with Gasteiger partial charge >= 0.3 is 0 Å². The molecular weight excluding hydrogens is 192 g/mol. The van der Waals surface area contributed by atoms with Gasteiger partial charge < -0.3 is 15.3 Å². The molecule has 0 bridgehead atoms. The van der Waals surface area contributed by atoms with Crippen LogP contribution in [0, 0.1) is 0 Å². The van der Waals surface area contributed by atoms with Gasteiger partial charge in [0.1, 0.15) is 0 Å². The van der Waals surface area contributed by atoms with Crippen LogP contribution in [0.1, 0.15) is 33.1 Å². The smallest absolute Gasteiger partial charge is 0.239 e. The zero-order chi connectivity index (χ0) is 11.3. The minimum atomic E-state index is -0.180. The maximum Gasteiger partial charge on any atom is 0.239 e. The summed E-state index contributed by atoms with van der Waals surface area (Å²) in [7, 11) is 0. The van der Waals surface area contributed by atoms with Crippen LogP contribution in [0.25, 0.3) is 0 Å². The Hall–Kier alpha value is -0.610. The molecule has 4 heteroatoms. The number of likely N-dealkylation sites (tertiary alicyclic amines) is 1. The van der Waals surface area contributed by atoms with Crippen molar-refractivity contribution in [3.63, 3.8) is 0 Å². The van der Waals surface area contributed by atoms with Crippen molar-refractivity contribution in [1.29, 1.82) is 0 Å². The highest BCUT2D eigenvalue weighted by Gasteiger charge is 2.24. The van der Waals surface area contributed by atoms with Gasteiger partial charge in [-0.3, -0.25) is 4.79 Å². The monoisotopic (exact) mass is 214 g/mol. The van der Waals surface area contributed by atoms with Crippen molar-refractivity contribution in [2.75, 3.05) is 19.7 Å². The molecule has 2 N–H and O–H groups in total. The van der Waals surface area contributed by atoms with E-state index in [2.05, 4.69) is 5.32 Å². The summed E-state index contributed by atoms with van der Waals surface area (Å²) in [6.45, 7) is 5.75. The predicted octanol–water partition coefficient (Wildman–Crippen LogP) is 0.358. The lowest BCUT2D eigenvalue weighted by Crippen LogP contribution is -2.48. The highest BCUT2D eigenvalue weighted by atomic mass is 16.3. The summed E-state index contributed by atoms with van der Waals surface area (Å²) in [4.78, 5) is 13.8. The number of carbonyl (C=O) groups is 1. The molecule has 2 unspecified atom stereocenters. The van der Waals surface area contributed by atoms with Gasteiger partial charge in [-0.25, -0.2) is 0 Å². The Labute approximate surface area is 91.6 Å². The Bertz CT molecular complexity index is 199. The van der Waals surface area contributed by atoms with E-state index in [-0.39, 0.29) is 24.6 Å². The Morgan fingerprint density at radius 2 is 2.07 bits per heavy atom. The molecular formula is C11H22N2O2. The number of amides is 1. The first-order valence-corrected chi connectivity index (χ1v) is 5.84. The number of hydrogen-bond donors (Lipinski definition) is 2. The van der Waals surface area contributed by atoms with Gasteiger partial charge in [0.2, 0.25) is 5.91 Å². The Kier molecular flexibility index (Phi) is 5.05. The third-order valence-corrected chi connectivity index (χ3v) is 2.99. The van der Waals surface area contributed by atoms with Gasteiger partial charge in [0.05, 0.1) is 12.6 Å². The highest BCUT2D eigenvalue weighted by molar-refractivity contribution is 5.81. The fourth-order valence-electron chi connectivity index (χ4n) is 1.94. The summed E-state index contributed by atoms with van der Waals surface area (Å²) >= 11 is 0. The van der Waals surface area contributed by atoms with E-state index in [1.54, 1.807) is 0 Å². The Morgan fingerprint density at radius 1 is 1.47 bits per heavy atom. The molecule has 1 fully saturated rings. The van der Waals surface area contributed by atoms with Gasteiger partial charge in [-0.1, -0.05) is 6.92 Å². The number of hydrogen-bond acceptors (Lipinski definition) is 3. The molecule has 88 valence electrons. The maximum absolute atomic E-state index is 11.9. The molecule has 1 saturated heterocycles. The van der Waals surface area contributed by atoms with Crippen LogP contribution < -0.4 is 5.32 Å². The fourth-order valence-corrected chi connectivity index (χ4v) is 1.94. The van der Waals surface area contributed by atoms with Crippen LogP contribution in [0.15, 0.2) is 0 Å². The standard InChI is InChI=1S/C11H22N2O2/c1-3-10(8-14)12-9(2)11(15)13-6-4-5-7-13/h9-10,12,14H,3-8H2,1-2H3. The summed E-state index contributed by atoms with van der Waals surface area (Å²) in [5, 5.41) is 12.2. The van der Waals surface area contributed by atoms with Crippen LogP contribution in [-0.2, 0) is 4.79 Å². The van der Waals surface area contributed by atoms with Crippen molar-refractivity contribution in [3.8, 4) is 0 Å². The first kappa shape index (κ1) is 12.5. The van der Waals surface area contributed by atoms with Gasteiger partial charge in [0, 0.05) is 19.1 Å². The van der Waals surface area contributed by atoms with E-state index in [0.29, 0.717) is 0 Å². The summed E-state index contributed by atoms with van der Waals surface area (Å²) in [5.74, 6) is 0.166. The summed E-state index contributed by atoms with van der Waals surface area (Å²) in [6.07, 6.45) is 3.08. The van der Waals surface area contributed by atoms with Gasteiger partial charge in [0.25, 0.3) is 0 Å². The van der Waals surface area contributed by atoms with Crippen molar-refractivity contribution >= 4 is 5.91 Å². The summed E-state index contributed by atoms with van der Waals surface area (Å²) < 4.78 is 0. The Balaban J connectivity index is 2.37. The molecule has 0 aromatic heterocycles. The van der Waals surface area contributed by atoms with Crippen molar-refractivity contribution < 1.29 is 9.90 Å². The van der Waals surface area contributed by atoms with Crippen molar-refractivity contribution in [2.45, 2.75) is 45.2 Å². The normalized spacial score (nSPS) is 20.3. The van der Waals surface area contributed by atoms with E-state index in [1.165, 1.54) is 0 Å². The number of rotatable bonds is 5. The number of aliphatic hydroxyl groups is 1. The van der Waals surface area contributed by atoms with E-state index in [0.717, 1.165) is 32.4 Å². The molecule has 0 aromatic carbocycles. The van der Waals surface area contributed by atoms with Gasteiger partial charge in [0.15, 0.2) is 0 Å². The predicted molar refractivity (Wildman–Crippen MR) is 59.6 cm³/mol.